The number of nitriles is 1. The van der Waals surface area contributed by atoms with Gasteiger partial charge >= 0.3 is 5.97 Å². The summed E-state index contributed by atoms with van der Waals surface area (Å²) in [4.78, 5) is 36.9. The summed E-state index contributed by atoms with van der Waals surface area (Å²) < 4.78 is 4.97. The SMILES string of the molecule is C[C@H](NC(=O)c1ccccc1)C(=O)OCC(=O)Nc1ccccc1SCC#N. The number of para-hydroxylation sites is 1. The van der Waals surface area contributed by atoms with E-state index < -0.39 is 30.4 Å². The lowest BCUT2D eigenvalue weighted by molar-refractivity contribution is -0.148. The third-order valence-corrected chi connectivity index (χ3v) is 4.48. The summed E-state index contributed by atoms with van der Waals surface area (Å²) in [5.41, 5.74) is 0.959. The van der Waals surface area contributed by atoms with Crippen molar-refractivity contribution in [2.45, 2.75) is 17.9 Å². The van der Waals surface area contributed by atoms with Crippen LogP contribution in [0, 0.1) is 11.3 Å². The van der Waals surface area contributed by atoms with E-state index in [1.807, 2.05) is 6.07 Å². The fraction of sp³-hybridized carbons (Fsp3) is 0.200. The molecule has 7 nitrogen and oxygen atoms in total. The first-order chi connectivity index (χ1) is 13.5. The van der Waals surface area contributed by atoms with Crippen molar-refractivity contribution in [1.82, 2.24) is 5.32 Å². The molecule has 0 aliphatic rings. The van der Waals surface area contributed by atoms with Gasteiger partial charge in [0.15, 0.2) is 6.61 Å². The molecule has 0 saturated heterocycles. The lowest BCUT2D eigenvalue weighted by Gasteiger charge is -2.14. The Hall–Kier alpha value is -3.31. The number of esters is 1. The van der Waals surface area contributed by atoms with Crippen molar-refractivity contribution in [3.8, 4) is 6.07 Å². The second-order valence-electron chi connectivity index (χ2n) is 5.66. The number of thioether (sulfide) groups is 1. The van der Waals surface area contributed by atoms with Crippen molar-refractivity contribution in [2.24, 2.45) is 0 Å². The minimum Gasteiger partial charge on any atom is -0.454 e. The van der Waals surface area contributed by atoms with E-state index in [1.54, 1.807) is 54.6 Å². The van der Waals surface area contributed by atoms with Crippen LogP contribution in [0.1, 0.15) is 17.3 Å². The standard InChI is InChI=1S/C20H19N3O4S/c1-14(22-19(25)15-7-3-2-4-8-15)20(26)27-13-18(24)23-16-9-5-6-10-17(16)28-12-11-21/h2-10,14H,12-13H2,1H3,(H,22,25)(H,23,24)/t14-/m0/s1. The lowest BCUT2D eigenvalue weighted by Crippen LogP contribution is -2.40. The summed E-state index contributed by atoms with van der Waals surface area (Å²) in [6, 6.07) is 16.6. The topological polar surface area (TPSA) is 108 Å². The Morgan fingerprint density at radius 1 is 1.11 bits per heavy atom. The van der Waals surface area contributed by atoms with Crippen LogP contribution < -0.4 is 10.6 Å². The van der Waals surface area contributed by atoms with Crippen LogP contribution in [-0.2, 0) is 14.3 Å². The number of carbonyl (C=O) groups excluding carboxylic acids is 3. The van der Waals surface area contributed by atoms with Crippen LogP contribution in [0.4, 0.5) is 5.69 Å². The number of ether oxygens (including phenoxy) is 1. The van der Waals surface area contributed by atoms with E-state index in [0.29, 0.717) is 11.3 Å². The maximum Gasteiger partial charge on any atom is 0.328 e. The Balaban J connectivity index is 1.83. The first kappa shape index (κ1) is 21.0. The fourth-order valence-corrected chi connectivity index (χ4v) is 2.85. The van der Waals surface area contributed by atoms with Crippen molar-refractivity contribution in [1.29, 1.82) is 5.26 Å². The van der Waals surface area contributed by atoms with Crippen molar-refractivity contribution in [3.05, 3.63) is 60.2 Å². The van der Waals surface area contributed by atoms with Crippen LogP contribution in [0.25, 0.3) is 0 Å². The van der Waals surface area contributed by atoms with Crippen molar-refractivity contribution in [3.63, 3.8) is 0 Å². The molecule has 2 amide bonds. The highest BCUT2D eigenvalue weighted by Gasteiger charge is 2.19. The van der Waals surface area contributed by atoms with Gasteiger partial charge in [-0.1, -0.05) is 30.3 Å². The van der Waals surface area contributed by atoms with Gasteiger partial charge in [0.05, 0.1) is 17.5 Å². The fourth-order valence-electron chi connectivity index (χ4n) is 2.18. The monoisotopic (exact) mass is 397 g/mol. The van der Waals surface area contributed by atoms with Gasteiger partial charge in [0.2, 0.25) is 0 Å². The summed E-state index contributed by atoms with van der Waals surface area (Å²) in [5, 5.41) is 13.9. The molecule has 144 valence electrons. The minimum atomic E-state index is -0.904. The van der Waals surface area contributed by atoms with Crippen LogP contribution >= 0.6 is 11.8 Å². The third-order valence-electron chi connectivity index (χ3n) is 3.54. The quantitative estimate of drug-likeness (QED) is 0.524. The van der Waals surface area contributed by atoms with Crippen LogP contribution in [0.2, 0.25) is 0 Å². The minimum absolute atomic E-state index is 0.250. The van der Waals surface area contributed by atoms with Gasteiger partial charge < -0.3 is 15.4 Å². The number of anilines is 1. The summed E-state index contributed by atoms with van der Waals surface area (Å²) in [6.07, 6.45) is 0. The molecule has 0 heterocycles. The maximum atomic E-state index is 12.1. The van der Waals surface area contributed by atoms with Crippen molar-refractivity contribution < 1.29 is 19.1 Å². The van der Waals surface area contributed by atoms with E-state index in [4.69, 9.17) is 10.00 Å². The molecule has 0 spiro atoms. The van der Waals surface area contributed by atoms with Crippen LogP contribution in [0.3, 0.4) is 0 Å². The van der Waals surface area contributed by atoms with E-state index in [9.17, 15) is 14.4 Å². The number of amides is 2. The molecule has 2 aromatic rings. The van der Waals surface area contributed by atoms with Gasteiger partial charge in [0, 0.05) is 10.5 Å². The lowest BCUT2D eigenvalue weighted by atomic mass is 10.2. The second-order valence-corrected chi connectivity index (χ2v) is 6.68. The number of carbonyl (C=O) groups is 3. The van der Waals surface area contributed by atoms with E-state index >= 15 is 0 Å². The Morgan fingerprint density at radius 2 is 1.79 bits per heavy atom. The molecule has 8 heteroatoms. The van der Waals surface area contributed by atoms with Crippen molar-refractivity contribution >= 4 is 35.2 Å². The van der Waals surface area contributed by atoms with E-state index in [1.165, 1.54) is 18.7 Å². The smallest absolute Gasteiger partial charge is 0.328 e. The number of hydrogen-bond acceptors (Lipinski definition) is 6. The van der Waals surface area contributed by atoms with Gasteiger partial charge in [0.25, 0.3) is 11.8 Å². The Morgan fingerprint density at radius 3 is 2.50 bits per heavy atom. The molecular formula is C20H19N3O4S. The van der Waals surface area contributed by atoms with Gasteiger partial charge in [-0.2, -0.15) is 5.26 Å². The summed E-state index contributed by atoms with van der Waals surface area (Å²) in [6.45, 7) is 0.997. The number of benzene rings is 2. The molecule has 2 aromatic carbocycles. The van der Waals surface area contributed by atoms with Crippen molar-refractivity contribution in [2.75, 3.05) is 17.7 Å². The highest BCUT2D eigenvalue weighted by atomic mass is 32.2. The van der Waals surface area contributed by atoms with Gasteiger partial charge in [-0.3, -0.25) is 9.59 Å². The van der Waals surface area contributed by atoms with E-state index in [-0.39, 0.29) is 5.75 Å². The molecule has 0 bridgehead atoms. The number of nitrogens with zero attached hydrogens (tertiary/aromatic N) is 1. The zero-order chi connectivity index (χ0) is 20.4. The summed E-state index contributed by atoms with van der Waals surface area (Å²) >= 11 is 1.29. The number of hydrogen-bond donors (Lipinski definition) is 2. The van der Waals surface area contributed by atoms with Gasteiger partial charge in [-0.05, 0) is 31.2 Å². The van der Waals surface area contributed by atoms with Gasteiger partial charge in [0.1, 0.15) is 6.04 Å². The molecule has 0 aromatic heterocycles. The average molecular weight is 397 g/mol. The normalized spacial score (nSPS) is 11.0. The van der Waals surface area contributed by atoms with Crippen LogP contribution in [-0.4, -0.2) is 36.2 Å². The zero-order valence-corrected chi connectivity index (χ0v) is 16.0. The molecule has 2 rings (SSSR count). The van der Waals surface area contributed by atoms with E-state index in [2.05, 4.69) is 10.6 Å². The second kappa shape index (κ2) is 10.7. The molecule has 2 N–H and O–H groups in total. The predicted octanol–water partition coefficient (Wildman–Crippen LogP) is 2.60. The third kappa shape index (κ3) is 6.45. The average Bonchev–Trinajstić information content (AvgIpc) is 2.71. The molecular weight excluding hydrogens is 378 g/mol. The Bertz CT molecular complexity index is 881. The first-order valence-electron chi connectivity index (χ1n) is 8.42. The van der Waals surface area contributed by atoms with Crippen LogP contribution in [0.15, 0.2) is 59.5 Å². The predicted molar refractivity (Wildman–Crippen MR) is 106 cm³/mol. The van der Waals surface area contributed by atoms with Crippen LogP contribution in [0.5, 0.6) is 0 Å². The van der Waals surface area contributed by atoms with Gasteiger partial charge in [-0.15, -0.1) is 11.8 Å². The largest absolute Gasteiger partial charge is 0.454 e. The summed E-state index contributed by atoms with van der Waals surface area (Å²) in [5.74, 6) is -1.38. The molecule has 0 aliphatic carbocycles. The van der Waals surface area contributed by atoms with E-state index in [0.717, 1.165) is 4.90 Å². The highest BCUT2D eigenvalue weighted by Crippen LogP contribution is 2.26. The number of rotatable bonds is 8. The molecule has 0 unspecified atom stereocenters. The molecule has 0 radical (unpaired) electrons. The maximum absolute atomic E-state index is 12.1. The van der Waals surface area contributed by atoms with Gasteiger partial charge in [-0.25, -0.2) is 4.79 Å². The summed E-state index contributed by atoms with van der Waals surface area (Å²) in [7, 11) is 0. The molecule has 0 aliphatic heterocycles. The number of nitrogens with one attached hydrogen (secondary N) is 2. The first-order valence-corrected chi connectivity index (χ1v) is 9.41. The Kier molecular flexibility index (Phi) is 8.06. The molecule has 28 heavy (non-hydrogen) atoms. The molecule has 0 fully saturated rings. The Labute approximate surface area is 167 Å². The molecule has 0 saturated carbocycles. The molecule has 1 atom stereocenters. The zero-order valence-electron chi connectivity index (χ0n) is 15.2. The highest BCUT2D eigenvalue weighted by molar-refractivity contribution is 7.99.